The Morgan fingerprint density at radius 1 is 1.31 bits per heavy atom. The minimum absolute atomic E-state index is 0.137. The summed E-state index contributed by atoms with van der Waals surface area (Å²) in [6.45, 7) is 2.00. The average Bonchev–Trinajstić information content (AvgIpc) is 2.21. The number of carbonyl (C=O) groups is 2. The Morgan fingerprint density at radius 2 is 1.77 bits per heavy atom. The zero-order valence-corrected chi connectivity index (χ0v) is 7.19. The van der Waals surface area contributed by atoms with E-state index in [0.717, 1.165) is 0 Å². The van der Waals surface area contributed by atoms with Crippen molar-refractivity contribution in [3.63, 3.8) is 0 Å². The van der Waals surface area contributed by atoms with Crippen LogP contribution in [-0.4, -0.2) is 25.0 Å². The molecule has 0 aliphatic rings. The number of hydrogen-bond donors (Lipinski definition) is 1. The number of benzene rings is 1. The summed E-state index contributed by atoms with van der Waals surface area (Å²) < 4.78 is 4.46. The quantitative estimate of drug-likeness (QED) is 0.658. The van der Waals surface area contributed by atoms with Crippen LogP contribution in [-0.2, 0) is 9.53 Å². The van der Waals surface area contributed by atoms with E-state index in [1.807, 2.05) is 6.79 Å². The second-order valence-corrected chi connectivity index (χ2v) is 2.04. The maximum absolute atomic E-state index is 10.8. The van der Waals surface area contributed by atoms with Crippen molar-refractivity contribution in [3.05, 3.63) is 29.8 Å². The molecule has 1 N–H and O–H groups in total. The zero-order chi connectivity index (χ0) is 10.3. The first-order chi connectivity index (χ1) is 6.24. The third kappa shape index (κ3) is 3.37. The van der Waals surface area contributed by atoms with Gasteiger partial charge in [0.1, 0.15) is 12.5 Å². The molecule has 0 radical (unpaired) electrons. The van der Waals surface area contributed by atoms with Crippen molar-refractivity contribution in [1.82, 2.24) is 0 Å². The summed E-state index contributed by atoms with van der Waals surface area (Å²) in [6, 6.07) is 5.88. The number of methoxy groups -OCH3 is 1. The minimum Gasteiger partial charge on any atom is -0.508 e. The molecule has 0 aliphatic carbocycles. The fourth-order valence-corrected chi connectivity index (χ4v) is 0.715. The van der Waals surface area contributed by atoms with Gasteiger partial charge >= 0.3 is 5.97 Å². The SMILES string of the molecule is C=O.COC(=O)c1ccc(O)cc1. The Bertz CT molecular complexity index is 265. The normalized spacial score (nSPS) is 8.08. The Morgan fingerprint density at radius 3 is 2.15 bits per heavy atom. The van der Waals surface area contributed by atoms with Gasteiger partial charge in [0.25, 0.3) is 0 Å². The molecule has 0 aliphatic heterocycles. The molecular formula is C9H10O4. The van der Waals surface area contributed by atoms with Crippen molar-refractivity contribution in [3.8, 4) is 5.75 Å². The van der Waals surface area contributed by atoms with E-state index in [2.05, 4.69) is 4.74 Å². The van der Waals surface area contributed by atoms with Gasteiger partial charge in [0.2, 0.25) is 0 Å². The molecule has 1 rings (SSSR count). The van der Waals surface area contributed by atoms with E-state index in [0.29, 0.717) is 5.56 Å². The lowest BCUT2D eigenvalue weighted by atomic mass is 10.2. The standard InChI is InChI=1S/C8H8O3.CH2O/c1-11-8(10)6-2-4-7(9)5-3-6;1-2/h2-5,9H,1H3;1H2. The monoisotopic (exact) mass is 182 g/mol. The number of carbonyl (C=O) groups excluding carboxylic acids is 2. The Balaban J connectivity index is 0.000000671. The molecule has 4 nitrogen and oxygen atoms in total. The van der Waals surface area contributed by atoms with Gasteiger partial charge in [-0.25, -0.2) is 4.79 Å². The first-order valence-corrected chi connectivity index (χ1v) is 3.40. The van der Waals surface area contributed by atoms with Crippen LogP contribution in [0.15, 0.2) is 24.3 Å². The van der Waals surface area contributed by atoms with Crippen molar-refractivity contribution < 1.29 is 19.4 Å². The van der Waals surface area contributed by atoms with Gasteiger partial charge in [0.15, 0.2) is 0 Å². The highest BCUT2D eigenvalue weighted by atomic mass is 16.5. The molecule has 70 valence electrons. The molecule has 0 aromatic heterocycles. The molecule has 13 heavy (non-hydrogen) atoms. The van der Waals surface area contributed by atoms with Crippen LogP contribution in [0.4, 0.5) is 0 Å². The van der Waals surface area contributed by atoms with Gasteiger partial charge in [-0.2, -0.15) is 0 Å². The van der Waals surface area contributed by atoms with Crippen molar-refractivity contribution >= 4 is 12.8 Å². The number of ether oxygens (including phenoxy) is 1. The highest BCUT2D eigenvalue weighted by molar-refractivity contribution is 5.89. The predicted molar refractivity (Wildman–Crippen MR) is 46.6 cm³/mol. The summed E-state index contributed by atoms with van der Waals surface area (Å²) in [7, 11) is 1.31. The molecule has 0 atom stereocenters. The number of rotatable bonds is 1. The Kier molecular flexibility index (Phi) is 4.95. The molecule has 0 saturated heterocycles. The van der Waals surface area contributed by atoms with E-state index in [9.17, 15) is 4.79 Å². The molecule has 1 aromatic rings. The third-order valence-corrected chi connectivity index (χ3v) is 1.29. The first-order valence-electron chi connectivity index (χ1n) is 3.40. The molecule has 0 saturated carbocycles. The molecule has 0 bridgehead atoms. The van der Waals surface area contributed by atoms with Gasteiger partial charge in [-0.05, 0) is 24.3 Å². The van der Waals surface area contributed by atoms with Gasteiger partial charge in [0, 0.05) is 0 Å². The Labute approximate surface area is 75.8 Å². The number of phenolic OH excluding ortho intramolecular Hbond substituents is 1. The summed E-state index contributed by atoms with van der Waals surface area (Å²) in [6.07, 6.45) is 0. The van der Waals surface area contributed by atoms with Crippen LogP contribution in [0.3, 0.4) is 0 Å². The lowest BCUT2D eigenvalue weighted by Gasteiger charge is -1.97. The van der Waals surface area contributed by atoms with Gasteiger partial charge in [-0.15, -0.1) is 0 Å². The summed E-state index contributed by atoms with van der Waals surface area (Å²) in [4.78, 5) is 18.8. The molecule has 0 unspecified atom stereocenters. The maximum Gasteiger partial charge on any atom is 0.337 e. The van der Waals surface area contributed by atoms with Gasteiger partial charge < -0.3 is 14.6 Å². The highest BCUT2D eigenvalue weighted by Crippen LogP contribution is 2.09. The number of esters is 1. The largest absolute Gasteiger partial charge is 0.508 e. The number of aromatic hydroxyl groups is 1. The van der Waals surface area contributed by atoms with Crippen LogP contribution in [0, 0.1) is 0 Å². The lowest BCUT2D eigenvalue weighted by molar-refractivity contribution is -0.0980. The highest BCUT2D eigenvalue weighted by Gasteiger charge is 2.02. The number of phenols is 1. The van der Waals surface area contributed by atoms with Crippen molar-refractivity contribution in [2.75, 3.05) is 7.11 Å². The van der Waals surface area contributed by atoms with E-state index in [-0.39, 0.29) is 5.75 Å². The zero-order valence-electron chi connectivity index (χ0n) is 7.19. The fourth-order valence-electron chi connectivity index (χ4n) is 0.715. The first kappa shape index (κ1) is 11.2. The second-order valence-electron chi connectivity index (χ2n) is 2.04. The van der Waals surface area contributed by atoms with E-state index in [1.165, 1.54) is 31.4 Å². The molecular weight excluding hydrogens is 172 g/mol. The van der Waals surface area contributed by atoms with Crippen molar-refractivity contribution in [2.45, 2.75) is 0 Å². The minimum atomic E-state index is -0.398. The lowest BCUT2D eigenvalue weighted by Crippen LogP contribution is -1.99. The van der Waals surface area contributed by atoms with Gasteiger partial charge in [-0.1, -0.05) is 0 Å². The molecule has 4 heteroatoms. The van der Waals surface area contributed by atoms with Crippen molar-refractivity contribution in [1.29, 1.82) is 0 Å². The second kappa shape index (κ2) is 5.77. The average molecular weight is 182 g/mol. The fraction of sp³-hybridized carbons (Fsp3) is 0.111. The van der Waals surface area contributed by atoms with Crippen LogP contribution < -0.4 is 0 Å². The van der Waals surface area contributed by atoms with E-state index in [4.69, 9.17) is 9.90 Å². The molecule has 1 aromatic carbocycles. The third-order valence-electron chi connectivity index (χ3n) is 1.29. The summed E-state index contributed by atoms with van der Waals surface area (Å²) in [5.41, 5.74) is 0.435. The van der Waals surface area contributed by atoms with E-state index >= 15 is 0 Å². The Hall–Kier alpha value is -1.84. The van der Waals surface area contributed by atoms with E-state index in [1.54, 1.807) is 0 Å². The van der Waals surface area contributed by atoms with Gasteiger partial charge in [0.05, 0.1) is 12.7 Å². The van der Waals surface area contributed by atoms with Crippen LogP contribution in [0.5, 0.6) is 5.75 Å². The smallest absolute Gasteiger partial charge is 0.337 e. The summed E-state index contributed by atoms with van der Waals surface area (Å²) in [5.74, 6) is -0.261. The molecule has 0 spiro atoms. The predicted octanol–water partition coefficient (Wildman–Crippen LogP) is 0.994. The maximum atomic E-state index is 10.8. The van der Waals surface area contributed by atoms with Gasteiger partial charge in [-0.3, -0.25) is 0 Å². The number of hydrogen-bond acceptors (Lipinski definition) is 4. The van der Waals surface area contributed by atoms with Crippen LogP contribution in [0.25, 0.3) is 0 Å². The molecule has 0 amide bonds. The van der Waals surface area contributed by atoms with E-state index < -0.39 is 5.97 Å². The van der Waals surface area contributed by atoms with Crippen LogP contribution in [0.2, 0.25) is 0 Å². The van der Waals surface area contributed by atoms with Crippen LogP contribution >= 0.6 is 0 Å². The summed E-state index contributed by atoms with van der Waals surface area (Å²) in [5, 5.41) is 8.86. The van der Waals surface area contributed by atoms with Crippen molar-refractivity contribution in [2.24, 2.45) is 0 Å². The molecule has 0 fully saturated rings. The van der Waals surface area contributed by atoms with Crippen LogP contribution in [0.1, 0.15) is 10.4 Å². The summed E-state index contributed by atoms with van der Waals surface area (Å²) >= 11 is 0. The topological polar surface area (TPSA) is 63.6 Å². The molecule has 0 heterocycles.